The molecule has 2 aromatic rings. The highest BCUT2D eigenvalue weighted by molar-refractivity contribution is 6.01. The van der Waals surface area contributed by atoms with Gasteiger partial charge in [0.15, 0.2) is 0 Å². The van der Waals surface area contributed by atoms with Crippen LogP contribution < -0.4 is 10.1 Å². The van der Waals surface area contributed by atoms with Crippen molar-refractivity contribution in [2.45, 2.75) is 18.9 Å². The number of carbonyl (C=O) groups excluding carboxylic acids is 1. The van der Waals surface area contributed by atoms with E-state index in [1.54, 1.807) is 7.11 Å². The Hall–Kier alpha value is -2.07. The standard InChI is InChI=1S/C17H19NO3/c1-20-16-10-13-6-3-2-5-12(13)9-15(16)17(19)18-11-14-7-4-8-21-14/h2-3,5-6,9-10,14H,4,7-8,11H2,1H3,(H,18,19)/t14-/m1/s1. The molecule has 1 atom stereocenters. The number of hydrogen-bond acceptors (Lipinski definition) is 3. The Morgan fingerprint density at radius 2 is 2.10 bits per heavy atom. The second kappa shape index (κ2) is 6.14. The van der Waals surface area contributed by atoms with E-state index in [2.05, 4.69) is 5.32 Å². The average molecular weight is 285 g/mol. The lowest BCUT2D eigenvalue weighted by Gasteiger charge is -2.13. The van der Waals surface area contributed by atoms with Gasteiger partial charge >= 0.3 is 0 Å². The summed E-state index contributed by atoms with van der Waals surface area (Å²) in [5.41, 5.74) is 0.564. The molecule has 1 N–H and O–H groups in total. The number of amides is 1. The van der Waals surface area contributed by atoms with Crippen molar-refractivity contribution in [2.24, 2.45) is 0 Å². The Bertz CT molecular complexity index is 648. The van der Waals surface area contributed by atoms with Crippen molar-refractivity contribution in [3.63, 3.8) is 0 Å². The maximum Gasteiger partial charge on any atom is 0.255 e. The first-order valence-corrected chi connectivity index (χ1v) is 7.24. The molecule has 4 nitrogen and oxygen atoms in total. The second-order valence-electron chi connectivity index (χ2n) is 5.24. The minimum absolute atomic E-state index is 0.117. The quantitative estimate of drug-likeness (QED) is 0.939. The Morgan fingerprint density at radius 1 is 1.33 bits per heavy atom. The van der Waals surface area contributed by atoms with Gasteiger partial charge in [-0.1, -0.05) is 24.3 Å². The predicted octanol–water partition coefficient (Wildman–Crippen LogP) is 2.76. The Morgan fingerprint density at radius 3 is 2.76 bits per heavy atom. The van der Waals surface area contributed by atoms with Crippen LogP contribution in [0.25, 0.3) is 10.8 Å². The molecule has 0 unspecified atom stereocenters. The van der Waals surface area contributed by atoms with Gasteiger partial charge in [0.2, 0.25) is 0 Å². The summed E-state index contributed by atoms with van der Waals surface area (Å²) < 4.78 is 10.9. The second-order valence-corrected chi connectivity index (χ2v) is 5.24. The van der Waals surface area contributed by atoms with E-state index in [0.29, 0.717) is 17.9 Å². The Balaban J connectivity index is 1.81. The monoisotopic (exact) mass is 285 g/mol. The van der Waals surface area contributed by atoms with Crippen molar-refractivity contribution in [2.75, 3.05) is 20.3 Å². The summed E-state index contributed by atoms with van der Waals surface area (Å²) in [5.74, 6) is 0.478. The molecule has 3 rings (SSSR count). The number of benzene rings is 2. The van der Waals surface area contributed by atoms with E-state index >= 15 is 0 Å². The Labute approximate surface area is 124 Å². The van der Waals surface area contributed by atoms with Gasteiger partial charge in [0.1, 0.15) is 5.75 Å². The van der Waals surface area contributed by atoms with E-state index in [0.717, 1.165) is 30.2 Å². The van der Waals surface area contributed by atoms with Crippen molar-refractivity contribution in [3.05, 3.63) is 42.0 Å². The maximum atomic E-state index is 12.4. The number of hydrogen-bond donors (Lipinski definition) is 1. The molecular weight excluding hydrogens is 266 g/mol. The third kappa shape index (κ3) is 3.00. The van der Waals surface area contributed by atoms with Crippen LogP contribution in [0, 0.1) is 0 Å². The summed E-state index contributed by atoms with van der Waals surface area (Å²) >= 11 is 0. The minimum atomic E-state index is -0.117. The molecule has 0 saturated carbocycles. The fourth-order valence-electron chi connectivity index (χ4n) is 2.67. The van der Waals surface area contributed by atoms with Crippen LogP contribution in [-0.4, -0.2) is 32.3 Å². The van der Waals surface area contributed by atoms with Crippen LogP contribution in [0.3, 0.4) is 0 Å². The highest BCUT2D eigenvalue weighted by atomic mass is 16.5. The van der Waals surface area contributed by atoms with Crippen molar-refractivity contribution in [3.8, 4) is 5.75 Å². The van der Waals surface area contributed by atoms with Gasteiger partial charge in [-0.2, -0.15) is 0 Å². The SMILES string of the molecule is COc1cc2ccccc2cc1C(=O)NC[C@H]1CCCO1. The number of nitrogens with one attached hydrogen (secondary N) is 1. The van der Waals surface area contributed by atoms with Crippen LogP contribution in [0.4, 0.5) is 0 Å². The summed E-state index contributed by atoms with van der Waals surface area (Å²) in [6, 6.07) is 11.7. The van der Waals surface area contributed by atoms with E-state index < -0.39 is 0 Å². The zero-order chi connectivity index (χ0) is 14.7. The molecule has 1 aliphatic heterocycles. The largest absolute Gasteiger partial charge is 0.496 e. The molecule has 1 aliphatic rings. The normalized spacial score (nSPS) is 17.9. The lowest BCUT2D eigenvalue weighted by molar-refractivity contribution is 0.0855. The fraction of sp³-hybridized carbons (Fsp3) is 0.353. The van der Waals surface area contributed by atoms with Crippen molar-refractivity contribution in [1.29, 1.82) is 0 Å². The zero-order valence-electron chi connectivity index (χ0n) is 12.1. The Kier molecular flexibility index (Phi) is 4.06. The molecule has 0 aromatic heterocycles. The summed E-state index contributed by atoms with van der Waals surface area (Å²) in [6.07, 6.45) is 2.22. The van der Waals surface area contributed by atoms with Gasteiger partial charge < -0.3 is 14.8 Å². The summed E-state index contributed by atoms with van der Waals surface area (Å²) in [5, 5.41) is 5.02. The summed E-state index contributed by atoms with van der Waals surface area (Å²) in [4.78, 5) is 12.4. The molecule has 1 saturated heterocycles. The van der Waals surface area contributed by atoms with Gasteiger partial charge in [-0.05, 0) is 35.7 Å². The molecule has 0 aliphatic carbocycles. The molecule has 0 spiro atoms. The van der Waals surface area contributed by atoms with Crippen LogP contribution in [0.1, 0.15) is 23.2 Å². The fourth-order valence-corrected chi connectivity index (χ4v) is 2.67. The molecule has 2 aromatic carbocycles. The van der Waals surface area contributed by atoms with E-state index in [9.17, 15) is 4.79 Å². The smallest absolute Gasteiger partial charge is 0.255 e. The van der Waals surface area contributed by atoms with E-state index in [-0.39, 0.29) is 12.0 Å². The van der Waals surface area contributed by atoms with Crippen LogP contribution in [0.5, 0.6) is 5.75 Å². The van der Waals surface area contributed by atoms with Crippen molar-refractivity contribution < 1.29 is 14.3 Å². The van der Waals surface area contributed by atoms with Crippen molar-refractivity contribution >= 4 is 16.7 Å². The predicted molar refractivity (Wildman–Crippen MR) is 81.8 cm³/mol. The van der Waals surface area contributed by atoms with E-state index in [1.165, 1.54) is 0 Å². The molecule has 21 heavy (non-hydrogen) atoms. The first-order valence-electron chi connectivity index (χ1n) is 7.24. The number of rotatable bonds is 4. The van der Waals surface area contributed by atoms with Crippen LogP contribution in [0.15, 0.2) is 36.4 Å². The summed E-state index contributed by atoms with van der Waals surface area (Å²) in [6.45, 7) is 1.34. The first-order chi connectivity index (χ1) is 10.3. The maximum absolute atomic E-state index is 12.4. The van der Waals surface area contributed by atoms with Gasteiger partial charge in [-0.3, -0.25) is 4.79 Å². The summed E-state index contributed by atoms with van der Waals surface area (Å²) in [7, 11) is 1.58. The molecule has 1 fully saturated rings. The molecular formula is C17H19NO3. The number of ether oxygens (including phenoxy) is 2. The van der Waals surface area contributed by atoms with Gasteiger partial charge in [-0.25, -0.2) is 0 Å². The molecule has 1 amide bonds. The third-order valence-electron chi connectivity index (χ3n) is 3.83. The van der Waals surface area contributed by atoms with Crippen LogP contribution in [-0.2, 0) is 4.74 Å². The average Bonchev–Trinajstić information content (AvgIpc) is 3.04. The topological polar surface area (TPSA) is 47.6 Å². The van der Waals surface area contributed by atoms with Crippen LogP contribution in [0.2, 0.25) is 0 Å². The van der Waals surface area contributed by atoms with Crippen molar-refractivity contribution in [1.82, 2.24) is 5.32 Å². The van der Waals surface area contributed by atoms with E-state index in [4.69, 9.17) is 9.47 Å². The van der Waals surface area contributed by atoms with Gasteiger partial charge in [0, 0.05) is 13.2 Å². The lowest BCUT2D eigenvalue weighted by atomic mass is 10.1. The number of carbonyl (C=O) groups is 1. The highest BCUT2D eigenvalue weighted by Crippen LogP contribution is 2.26. The van der Waals surface area contributed by atoms with Crippen LogP contribution >= 0.6 is 0 Å². The third-order valence-corrected chi connectivity index (χ3v) is 3.83. The lowest BCUT2D eigenvalue weighted by Crippen LogP contribution is -2.32. The highest BCUT2D eigenvalue weighted by Gasteiger charge is 2.18. The molecule has 110 valence electrons. The molecule has 4 heteroatoms. The molecule has 0 radical (unpaired) electrons. The van der Waals surface area contributed by atoms with Gasteiger partial charge in [0.05, 0.1) is 18.8 Å². The van der Waals surface area contributed by atoms with E-state index in [1.807, 2.05) is 36.4 Å². The number of methoxy groups -OCH3 is 1. The van der Waals surface area contributed by atoms with Gasteiger partial charge in [-0.15, -0.1) is 0 Å². The molecule has 0 bridgehead atoms. The molecule has 1 heterocycles. The zero-order valence-corrected chi connectivity index (χ0v) is 12.1. The minimum Gasteiger partial charge on any atom is -0.496 e. The number of fused-ring (bicyclic) bond motifs is 1. The first kappa shape index (κ1) is 13.9. The van der Waals surface area contributed by atoms with Gasteiger partial charge in [0.25, 0.3) is 5.91 Å².